The number of hydrogen-bond acceptors (Lipinski definition) is 1. The lowest BCUT2D eigenvalue weighted by Crippen LogP contribution is -2.02. The van der Waals surface area contributed by atoms with Gasteiger partial charge in [0.05, 0.1) is 0 Å². The van der Waals surface area contributed by atoms with Gasteiger partial charge in [-0.2, -0.15) is 0 Å². The molecule has 0 radical (unpaired) electrons. The van der Waals surface area contributed by atoms with Crippen molar-refractivity contribution in [2.24, 2.45) is 11.7 Å². The molecular weight excluding hydrogens is 170 g/mol. The van der Waals surface area contributed by atoms with Gasteiger partial charge in [-0.3, -0.25) is 0 Å². The largest absolute Gasteiger partial charge is 0.330 e. The van der Waals surface area contributed by atoms with Crippen molar-refractivity contribution in [3.05, 3.63) is 0 Å². The molecule has 0 aliphatic rings. The second-order valence-electron chi connectivity index (χ2n) is 3.53. The molecule has 2 N–H and O–H groups in total. The third kappa shape index (κ3) is 29.7. The van der Waals surface area contributed by atoms with E-state index in [4.69, 9.17) is 5.73 Å². The molecule has 14 heavy (non-hydrogen) atoms. The van der Waals surface area contributed by atoms with Gasteiger partial charge in [0, 0.05) is 0 Å². The molecule has 0 saturated heterocycles. The zero-order chi connectivity index (χ0) is 11.8. The fraction of sp³-hybridized carbons (Fsp3) is 1.00. The van der Waals surface area contributed by atoms with Gasteiger partial charge in [0.1, 0.15) is 0 Å². The van der Waals surface area contributed by atoms with E-state index in [0.29, 0.717) is 0 Å². The fourth-order valence-corrected chi connectivity index (χ4v) is 1.10. The lowest BCUT2D eigenvalue weighted by Gasteiger charge is -2.06. The van der Waals surface area contributed by atoms with Crippen molar-refractivity contribution in [2.45, 2.75) is 73.6 Å². The third-order valence-corrected chi connectivity index (χ3v) is 1.68. The molecular formula is C13H33N. The smallest absolute Gasteiger partial charge is 0.00772 e. The van der Waals surface area contributed by atoms with E-state index >= 15 is 0 Å². The minimum atomic E-state index is 0.855. The van der Waals surface area contributed by atoms with Crippen LogP contribution in [-0.2, 0) is 0 Å². The summed E-state index contributed by atoms with van der Waals surface area (Å²) >= 11 is 0. The van der Waals surface area contributed by atoms with Gasteiger partial charge in [0.2, 0.25) is 0 Å². The van der Waals surface area contributed by atoms with E-state index < -0.39 is 0 Å². The number of rotatable bonds is 5. The van der Waals surface area contributed by atoms with Crippen molar-refractivity contribution < 1.29 is 0 Å². The summed E-state index contributed by atoms with van der Waals surface area (Å²) in [5.74, 6) is 0.888. The maximum atomic E-state index is 5.37. The summed E-state index contributed by atoms with van der Waals surface area (Å²) in [6.07, 6.45) is 6.43. The first kappa shape index (κ1) is 19.5. The average molecular weight is 203 g/mol. The number of nitrogens with two attached hydrogens (primary N) is 1. The Kier molecular flexibility index (Phi) is 32.2. The summed E-state index contributed by atoms with van der Waals surface area (Å²) in [6.45, 7) is 13.6. The Morgan fingerprint density at radius 1 is 1.00 bits per heavy atom. The topological polar surface area (TPSA) is 26.0 Å². The predicted octanol–water partition coefficient (Wildman–Crippen LogP) is 4.60. The Labute approximate surface area is 92.5 Å². The van der Waals surface area contributed by atoms with Crippen molar-refractivity contribution in [3.8, 4) is 0 Å². The van der Waals surface area contributed by atoms with E-state index in [1.165, 1.54) is 32.1 Å². The molecule has 0 aromatic rings. The molecule has 90 valence electrons. The Balaban J connectivity index is -0.000000205. The first-order valence-electron chi connectivity index (χ1n) is 6.42. The van der Waals surface area contributed by atoms with E-state index in [1.54, 1.807) is 0 Å². The molecule has 1 heteroatoms. The molecule has 1 unspecified atom stereocenters. The van der Waals surface area contributed by atoms with Gasteiger partial charge in [-0.1, -0.05) is 60.8 Å². The van der Waals surface area contributed by atoms with Gasteiger partial charge >= 0.3 is 0 Å². The SMILES string of the molecule is CC.CCC.CCCC(C)CCCN. The lowest BCUT2D eigenvalue weighted by molar-refractivity contribution is 0.473. The molecule has 0 aromatic heterocycles. The highest BCUT2D eigenvalue weighted by molar-refractivity contribution is 4.51. The van der Waals surface area contributed by atoms with E-state index in [0.717, 1.165) is 12.5 Å². The third-order valence-electron chi connectivity index (χ3n) is 1.68. The zero-order valence-corrected chi connectivity index (χ0v) is 11.4. The summed E-state index contributed by atoms with van der Waals surface area (Å²) in [6, 6.07) is 0. The molecule has 1 atom stereocenters. The van der Waals surface area contributed by atoms with Crippen molar-refractivity contribution in [3.63, 3.8) is 0 Å². The van der Waals surface area contributed by atoms with Crippen molar-refractivity contribution in [1.82, 2.24) is 0 Å². The molecule has 0 saturated carbocycles. The van der Waals surface area contributed by atoms with E-state index in [9.17, 15) is 0 Å². The summed E-state index contributed by atoms with van der Waals surface area (Å²) in [7, 11) is 0. The van der Waals surface area contributed by atoms with Gasteiger partial charge in [0.15, 0.2) is 0 Å². The molecule has 0 rings (SSSR count). The Morgan fingerprint density at radius 3 is 1.71 bits per heavy atom. The minimum Gasteiger partial charge on any atom is -0.330 e. The van der Waals surface area contributed by atoms with E-state index in [1.807, 2.05) is 13.8 Å². The number of hydrogen-bond donors (Lipinski definition) is 1. The summed E-state index contributed by atoms with van der Waals surface area (Å²) in [4.78, 5) is 0. The van der Waals surface area contributed by atoms with Crippen LogP contribution in [0.3, 0.4) is 0 Å². The van der Waals surface area contributed by atoms with Crippen LogP contribution in [0, 0.1) is 5.92 Å². The van der Waals surface area contributed by atoms with Gasteiger partial charge in [-0.15, -0.1) is 0 Å². The second kappa shape index (κ2) is 23.1. The van der Waals surface area contributed by atoms with Crippen LogP contribution in [0.15, 0.2) is 0 Å². The van der Waals surface area contributed by atoms with Crippen molar-refractivity contribution in [1.29, 1.82) is 0 Å². The van der Waals surface area contributed by atoms with Crippen LogP contribution in [0.4, 0.5) is 0 Å². The summed E-state index contributed by atoms with van der Waals surface area (Å²) in [5, 5.41) is 0. The van der Waals surface area contributed by atoms with Gasteiger partial charge in [0.25, 0.3) is 0 Å². The maximum Gasteiger partial charge on any atom is -0.00772 e. The monoisotopic (exact) mass is 203 g/mol. The minimum absolute atomic E-state index is 0.855. The molecule has 0 spiro atoms. The highest BCUT2D eigenvalue weighted by Crippen LogP contribution is 2.10. The zero-order valence-electron chi connectivity index (χ0n) is 11.4. The molecule has 0 aliphatic carbocycles. The van der Waals surface area contributed by atoms with E-state index in [-0.39, 0.29) is 0 Å². The molecule has 0 aromatic carbocycles. The Hall–Kier alpha value is -0.0400. The van der Waals surface area contributed by atoms with Gasteiger partial charge in [-0.25, -0.2) is 0 Å². The molecule has 0 amide bonds. The van der Waals surface area contributed by atoms with Crippen LogP contribution in [0.25, 0.3) is 0 Å². The second-order valence-corrected chi connectivity index (χ2v) is 3.53. The van der Waals surface area contributed by atoms with Crippen LogP contribution in [-0.4, -0.2) is 6.54 Å². The first-order chi connectivity index (χ1) is 6.72. The first-order valence-corrected chi connectivity index (χ1v) is 6.42. The van der Waals surface area contributed by atoms with Gasteiger partial charge in [-0.05, 0) is 25.3 Å². The fourth-order valence-electron chi connectivity index (χ4n) is 1.10. The van der Waals surface area contributed by atoms with Crippen LogP contribution < -0.4 is 5.73 Å². The molecule has 0 heterocycles. The van der Waals surface area contributed by atoms with Gasteiger partial charge < -0.3 is 5.73 Å². The van der Waals surface area contributed by atoms with Crippen LogP contribution in [0.1, 0.15) is 73.6 Å². The normalized spacial score (nSPS) is 10.5. The summed E-state index contributed by atoms with van der Waals surface area (Å²) < 4.78 is 0. The standard InChI is InChI=1S/C8H19N.C3H8.C2H6/c1-3-5-8(2)6-4-7-9;1-3-2;1-2/h8H,3-7,9H2,1-2H3;3H2,1-2H3;1-2H3. The molecule has 0 fully saturated rings. The molecule has 0 aliphatic heterocycles. The Bertz CT molecular complexity index is 62.3. The van der Waals surface area contributed by atoms with Crippen molar-refractivity contribution in [2.75, 3.05) is 6.54 Å². The van der Waals surface area contributed by atoms with Crippen LogP contribution in [0.5, 0.6) is 0 Å². The molecule has 1 nitrogen and oxygen atoms in total. The van der Waals surface area contributed by atoms with E-state index in [2.05, 4.69) is 27.7 Å². The molecule has 0 bridgehead atoms. The lowest BCUT2D eigenvalue weighted by atomic mass is 10.0. The highest BCUT2D eigenvalue weighted by atomic mass is 14.5. The highest BCUT2D eigenvalue weighted by Gasteiger charge is 1.97. The predicted molar refractivity (Wildman–Crippen MR) is 69.7 cm³/mol. The van der Waals surface area contributed by atoms with Crippen LogP contribution in [0.2, 0.25) is 0 Å². The average Bonchev–Trinajstić information content (AvgIpc) is 2.20. The van der Waals surface area contributed by atoms with Crippen LogP contribution >= 0.6 is 0 Å². The van der Waals surface area contributed by atoms with Crippen molar-refractivity contribution >= 4 is 0 Å². The quantitative estimate of drug-likeness (QED) is 0.694. The Morgan fingerprint density at radius 2 is 1.43 bits per heavy atom. The summed E-state index contributed by atoms with van der Waals surface area (Å²) in [5.41, 5.74) is 5.37. The maximum absolute atomic E-state index is 5.37.